The van der Waals surface area contributed by atoms with Crippen molar-refractivity contribution in [3.63, 3.8) is 0 Å². The third-order valence-electron chi connectivity index (χ3n) is 1.01. The van der Waals surface area contributed by atoms with E-state index in [1.807, 2.05) is 0 Å². The summed E-state index contributed by atoms with van der Waals surface area (Å²) in [6.45, 7) is 0. The van der Waals surface area contributed by atoms with E-state index in [1.165, 1.54) is 0 Å². The molecule has 74 valence electrons. The largest absolute Gasteiger partial charge is 0.259 e. The molecule has 0 aliphatic heterocycles. The van der Waals surface area contributed by atoms with Gasteiger partial charge < -0.3 is 0 Å². The minimum Gasteiger partial charge on any atom is -0.259 e. The van der Waals surface area contributed by atoms with Crippen molar-refractivity contribution < 1.29 is 0 Å². The van der Waals surface area contributed by atoms with Crippen LogP contribution < -0.4 is 0 Å². The Morgan fingerprint density at radius 3 is 1.69 bits per heavy atom. The standard InChI is InChI=1S/C4HCl6N3/c5-3(6,7)1-11-2(13-12-1)4(8,9)10/h(H,11,12,13). The van der Waals surface area contributed by atoms with Gasteiger partial charge in [-0.25, -0.2) is 4.98 Å². The second kappa shape index (κ2) is 3.80. The molecule has 0 atom stereocenters. The quantitative estimate of drug-likeness (QED) is 0.746. The molecule has 1 rings (SSSR count). The Bertz CT molecular complexity index is 267. The van der Waals surface area contributed by atoms with E-state index < -0.39 is 7.59 Å². The van der Waals surface area contributed by atoms with Crippen LogP contribution in [-0.4, -0.2) is 15.2 Å². The van der Waals surface area contributed by atoms with Crippen LogP contribution in [-0.2, 0) is 7.59 Å². The van der Waals surface area contributed by atoms with Crippen LogP contribution in [0, 0.1) is 0 Å². The average Bonchev–Trinajstić information content (AvgIpc) is 2.28. The number of nitrogens with one attached hydrogen (secondary N) is 1. The average molecular weight is 304 g/mol. The normalized spacial score (nSPS) is 13.4. The van der Waals surface area contributed by atoms with E-state index in [1.54, 1.807) is 0 Å². The van der Waals surface area contributed by atoms with Crippen LogP contribution in [0.1, 0.15) is 11.6 Å². The maximum atomic E-state index is 5.49. The van der Waals surface area contributed by atoms with E-state index in [0.717, 1.165) is 0 Å². The molecule has 1 aromatic heterocycles. The highest BCUT2D eigenvalue weighted by atomic mass is 35.6. The van der Waals surface area contributed by atoms with Crippen molar-refractivity contribution in [2.75, 3.05) is 0 Å². The number of halogens is 6. The Morgan fingerprint density at radius 2 is 1.46 bits per heavy atom. The molecule has 0 aromatic carbocycles. The molecular weight excluding hydrogens is 303 g/mol. The van der Waals surface area contributed by atoms with Crippen LogP contribution >= 0.6 is 69.6 Å². The molecule has 0 aliphatic rings. The second-order valence-corrected chi connectivity index (χ2v) is 6.57. The van der Waals surface area contributed by atoms with Crippen LogP contribution in [0.5, 0.6) is 0 Å². The molecule has 0 saturated heterocycles. The summed E-state index contributed by atoms with van der Waals surface area (Å²) in [5.41, 5.74) is 0. The van der Waals surface area contributed by atoms with Crippen LogP contribution in [0.4, 0.5) is 0 Å². The summed E-state index contributed by atoms with van der Waals surface area (Å²) in [7, 11) is 0. The van der Waals surface area contributed by atoms with Gasteiger partial charge in [-0.15, -0.1) is 0 Å². The van der Waals surface area contributed by atoms with E-state index in [9.17, 15) is 0 Å². The van der Waals surface area contributed by atoms with Gasteiger partial charge in [0, 0.05) is 0 Å². The highest BCUT2D eigenvalue weighted by Gasteiger charge is 2.33. The molecule has 0 spiro atoms. The first-order valence-electron chi connectivity index (χ1n) is 2.78. The van der Waals surface area contributed by atoms with E-state index in [2.05, 4.69) is 15.2 Å². The Kier molecular flexibility index (Phi) is 3.49. The Balaban J connectivity index is 3.01. The molecule has 0 aliphatic carbocycles. The first kappa shape index (κ1) is 12.0. The predicted molar refractivity (Wildman–Crippen MR) is 54.9 cm³/mol. The lowest BCUT2D eigenvalue weighted by atomic mass is 10.6. The molecule has 1 aromatic rings. The van der Waals surface area contributed by atoms with Gasteiger partial charge in [0.2, 0.25) is 9.62 Å². The highest BCUT2D eigenvalue weighted by molar-refractivity contribution is 6.67. The zero-order valence-electron chi connectivity index (χ0n) is 5.66. The van der Waals surface area contributed by atoms with Gasteiger partial charge in [-0.1, -0.05) is 69.6 Å². The molecule has 0 radical (unpaired) electrons. The number of aromatic nitrogens is 3. The van der Waals surface area contributed by atoms with Crippen molar-refractivity contribution in [1.82, 2.24) is 15.2 Å². The molecular formula is C4HCl6N3. The van der Waals surface area contributed by atoms with Crippen molar-refractivity contribution >= 4 is 69.6 Å². The summed E-state index contributed by atoms with van der Waals surface area (Å²) in [5, 5.41) is 5.91. The zero-order valence-corrected chi connectivity index (χ0v) is 10.2. The predicted octanol–water partition coefficient (Wildman–Crippen LogP) is 3.46. The number of hydrogen-bond acceptors (Lipinski definition) is 2. The van der Waals surface area contributed by atoms with Gasteiger partial charge in [0.1, 0.15) is 0 Å². The van der Waals surface area contributed by atoms with Gasteiger partial charge in [-0.3, -0.25) is 5.10 Å². The third-order valence-corrected chi connectivity index (χ3v) is 2.05. The zero-order chi connectivity index (χ0) is 10.3. The SMILES string of the molecule is ClC(Cl)(Cl)c1n[nH]c(C(Cl)(Cl)Cl)n1. The van der Waals surface area contributed by atoms with Crippen molar-refractivity contribution in [2.45, 2.75) is 7.59 Å². The number of H-pyrrole nitrogens is 1. The highest BCUT2D eigenvalue weighted by Crippen LogP contribution is 2.39. The van der Waals surface area contributed by atoms with Crippen molar-refractivity contribution in [3.05, 3.63) is 11.6 Å². The molecule has 0 bridgehead atoms. The number of aromatic amines is 1. The first-order chi connectivity index (χ1) is 5.71. The van der Waals surface area contributed by atoms with E-state index >= 15 is 0 Å². The van der Waals surface area contributed by atoms with Gasteiger partial charge in [-0.05, 0) is 0 Å². The van der Waals surface area contributed by atoms with Gasteiger partial charge >= 0.3 is 0 Å². The summed E-state index contributed by atoms with van der Waals surface area (Å²) in [5.74, 6) is -0.0716. The number of hydrogen-bond donors (Lipinski definition) is 1. The van der Waals surface area contributed by atoms with Crippen molar-refractivity contribution in [3.8, 4) is 0 Å². The molecule has 1 N–H and O–H groups in total. The first-order valence-corrected chi connectivity index (χ1v) is 5.05. The fraction of sp³-hybridized carbons (Fsp3) is 0.500. The summed E-state index contributed by atoms with van der Waals surface area (Å²) >= 11 is 32.9. The van der Waals surface area contributed by atoms with Gasteiger partial charge in [0.05, 0.1) is 0 Å². The molecule has 0 saturated carbocycles. The minimum absolute atomic E-state index is 0.00109. The molecule has 0 amide bonds. The lowest BCUT2D eigenvalue weighted by molar-refractivity contribution is 0.958. The number of rotatable bonds is 0. The smallest absolute Gasteiger partial charge is 0.251 e. The molecule has 1 heterocycles. The van der Waals surface area contributed by atoms with Crippen LogP contribution in [0.15, 0.2) is 0 Å². The lowest BCUT2D eigenvalue weighted by Crippen LogP contribution is -2.05. The fourth-order valence-corrected chi connectivity index (χ4v) is 1.02. The molecule has 9 heteroatoms. The van der Waals surface area contributed by atoms with Crippen molar-refractivity contribution in [2.24, 2.45) is 0 Å². The van der Waals surface area contributed by atoms with Gasteiger partial charge in [0.25, 0.3) is 3.79 Å². The monoisotopic (exact) mass is 301 g/mol. The van der Waals surface area contributed by atoms with Gasteiger partial charge in [0.15, 0.2) is 5.82 Å². The van der Waals surface area contributed by atoms with E-state index in [0.29, 0.717) is 0 Å². The molecule has 3 nitrogen and oxygen atoms in total. The molecule has 0 unspecified atom stereocenters. The molecule has 0 fully saturated rings. The van der Waals surface area contributed by atoms with Crippen LogP contribution in [0.3, 0.4) is 0 Å². The maximum absolute atomic E-state index is 5.49. The summed E-state index contributed by atoms with van der Waals surface area (Å²) in [6.07, 6.45) is 0. The third kappa shape index (κ3) is 3.18. The maximum Gasteiger partial charge on any atom is 0.251 e. The van der Waals surface area contributed by atoms with Gasteiger partial charge in [-0.2, -0.15) is 5.10 Å². The number of nitrogens with zero attached hydrogens (tertiary/aromatic N) is 2. The minimum atomic E-state index is -1.73. The molecule has 13 heavy (non-hydrogen) atoms. The summed E-state index contributed by atoms with van der Waals surface area (Å²) in [4.78, 5) is 3.69. The second-order valence-electron chi connectivity index (χ2n) is 2.00. The van der Waals surface area contributed by atoms with Crippen LogP contribution in [0.2, 0.25) is 0 Å². The Morgan fingerprint density at radius 1 is 0.923 bits per heavy atom. The number of alkyl halides is 6. The van der Waals surface area contributed by atoms with E-state index in [4.69, 9.17) is 69.6 Å². The van der Waals surface area contributed by atoms with Crippen LogP contribution in [0.25, 0.3) is 0 Å². The van der Waals surface area contributed by atoms with Crippen molar-refractivity contribution in [1.29, 1.82) is 0 Å². The fourth-order valence-electron chi connectivity index (χ4n) is 0.515. The lowest BCUT2D eigenvalue weighted by Gasteiger charge is -2.05. The Labute approximate surface area is 104 Å². The topological polar surface area (TPSA) is 41.6 Å². The van der Waals surface area contributed by atoms with E-state index in [-0.39, 0.29) is 11.6 Å². The Hall–Kier alpha value is 0.880. The summed E-state index contributed by atoms with van der Waals surface area (Å²) in [6, 6.07) is 0. The summed E-state index contributed by atoms with van der Waals surface area (Å²) < 4.78 is -3.44.